The van der Waals surface area contributed by atoms with Gasteiger partial charge in [-0.1, -0.05) is 29.8 Å². The van der Waals surface area contributed by atoms with E-state index in [2.05, 4.69) is 5.32 Å². The van der Waals surface area contributed by atoms with Crippen LogP contribution in [0.2, 0.25) is 5.02 Å². The Balaban J connectivity index is 1.59. The summed E-state index contributed by atoms with van der Waals surface area (Å²) in [5.41, 5.74) is 0.552. The number of anilines is 1. The number of imide groups is 1. The van der Waals surface area contributed by atoms with Crippen molar-refractivity contribution in [3.05, 3.63) is 79.7 Å². The zero-order chi connectivity index (χ0) is 24.6. The van der Waals surface area contributed by atoms with Crippen LogP contribution >= 0.6 is 22.9 Å². The molecule has 1 aliphatic heterocycles. The molecule has 0 saturated heterocycles. The lowest BCUT2D eigenvalue weighted by atomic mass is 10.0. The number of non-ortho nitro benzene ring substituents is 1. The zero-order valence-corrected chi connectivity index (χ0v) is 18.9. The maximum atomic E-state index is 12.7. The molecule has 4 rings (SSSR count). The summed E-state index contributed by atoms with van der Waals surface area (Å²) in [4.78, 5) is 61.4. The quantitative estimate of drug-likeness (QED) is 0.234. The molecule has 0 saturated carbocycles. The molecule has 2 aromatic carbocycles. The van der Waals surface area contributed by atoms with Crippen molar-refractivity contribution < 1.29 is 28.8 Å². The molecule has 0 aliphatic carbocycles. The number of nitrogens with one attached hydrogen (secondary N) is 1. The lowest BCUT2D eigenvalue weighted by molar-refractivity contribution is -0.384. The van der Waals surface area contributed by atoms with Gasteiger partial charge in [0, 0.05) is 33.7 Å². The summed E-state index contributed by atoms with van der Waals surface area (Å²) in [6.45, 7) is -0.653. The topological polar surface area (TPSA) is 136 Å². The molecule has 0 spiro atoms. The fourth-order valence-electron chi connectivity index (χ4n) is 3.48. The highest BCUT2D eigenvalue weighted by atomic mass is 35.5. The molecule has 172 valence electrons. The molecule has 3 amide bonds. The van der Waals surface area contributed by atoms with Gasteiger partial charge in [-0.05, 0) is 12.1 Å². The van der Waals surface area contributed by atoms with Gasteiger partial charge in [0.25, 0.3) is 17.5 Å². The molecule has 2 heterocycles. The zero-order valence-electron chi connectivity index (χ0n) is 17.4. The lowest BCUT2D eigenvalue weighted by Gasteiger charge is -2.14. The average molecular weight is 500 g/mol. The highest BCUT2D eigenvalue weighted by molar-refractivity contribution is 7.15. The molecule has 12 heteroatoms. The first-order valence-electron chi connectivity index (χ1n) is 9.62. The summed E-state index contributed by atoms with van der Waals surface area (Å²) < 4.78 is 4.86. The van der Waals surface area contributed by atoms with Crippen molar-refractivity contribution >= 4 is 57.3 Å². The number of rotatable bonds is 6. The minimum Gasteiger partial charge on any atom is -0.465 e. The highest BCUT2D eigenvalue weighted by Gasteiger charge is 2.38. The fraction of sp³-hybridized carbons (Fsp3) is 0.0909. The number of nitro benzene ring substituents is 1. The summed E-state index contributed by atoms with van der Waals surface area (Å²) in [6, 6.07) is 10.1. The molecular weight excluding hydrogens is 486 g/mol. The summed E-state index contributed by atoms with van der Waals surface area (Å²) in [5.74, 6) is -3.03. The van der Waals surface area contributed by atoms with Crippen molar-refractivity contribution in [3.63, 3.8) is 0 Å². The highest BCUT2D eigenvalue weighted by Crippen LogP contribution is 2.39. The van der Waals surface area contributed by atoms with Crippen molar-refractivity contribution in [1.29, 1.82) is 0 Å². The number of nitrogens with zero attached hydrogens (tertiary/aromatic N) is 2. The largest absolute Gasteiger partial charge is 0.465 e. The minimum atomic E-state index is -0.824. The van der Waals surface area contributed by atoms with E-state index < -0.39 is 35.2 Å². The maximum Gasteiger partial charge on any atom is 0.341 e. The first-order chi connectivity index (χ1) is 16.2. The normalized spacial score (nSPS) is 12.5. The number of carbonyl (C=O) groups excluding carboxylic acids is 4. The van der Waals surface area contributed by atoms with Crippen molar-refractivity contribution in [3.8, 4) is 11.1 Å². The molecule has 0 unspecified atom stereocenters. The van der Waals surface area contributed by atoms with Gasteiger partial charge in [-0.25, -0.2) is 4.79 Å². The van der Waals surface area contributed by atoms with Crippen LogP contribution in [0.3, 0.4) is 0 Å². The second kappa shape index (κ2) is 9.04. The van der Waals surface area contributed by atoms with Gasteiger partial charge in [0.15, 0.2) is 0 Å². The Labute approximate surface area is 200 Å². The van der Waals surface area contributed by atoms with Crippen molar-refractivity contribution in [2.24, 2.45) is 0 Å². The molecule has 0 fully saturated rings. The van der Waals surface area contributed by atoms with E-state index >= 15 is 0 Å². The standard InChI is InChI=1S/C22H14ClN3O7S/c1-33-22(30)18-15(12-4-2-3-5-16(12)23)10-34-19(18)24-17(27)9-25-20(28)13-7-6-11(26(31)32)8-14(13)21(25)29/h2-8,10H,9H2,1H3,(H,24,27). The fourth-order valence-corrected chi connectivity index (χ4v) is 4.68. The Morgan fingerprint density at radius 1 is 1.09 bits per heavy atom. The predicted molar refractivity (Wildman–Crippen MR) is 123 cm³/mol. The van der Waals surface area contributed by atoms with Crippen molar-refractivity contribution in [1.82, 2.24) is 4.90 Å². The average Bonchev–Trinajstić information content (AvgIpc) is 3.33. The number of nitro groups is 1. The van der Waals surface area contributed by atoms with E-state index in [1.165, 1.54) is 13.2 Å². The van der Waals surface area contributed by atoms with E-state index in [9.17, 15) is 29.3 Å². The molecule has 1 aliphatic rings. The van der Waals surface area contributed by atoms with Crippen LogP contribution in [-0.4, -0.2) is 47.2 Å². The molecular formula is C22H14ClN3O7S. The van der Waals surface area contributed by atoms with Crippen LogP contribution in [-0.2, 0) is 9.53 Å². The SMILES string of the molecule is COC(=O)c1c(-c2ccccc2Cl)csc1NC(=O)CN1C(=O)c2ccc([N+](=O)[O-])cc2C1=O. The Kier molecular flexibility index (Phi) is 6.14. The van der Waals surface area contributed by atoms with Crippen LogP contribution in [0.4, 0.5) is 10.7 Å². The van der Waals surface area contributed by atoms with Gasteiger partial charge < -0.3 is 10.1 Å². The summed E-state index contributed by atoms with van der Waals surface area (Å²) >= 11 is 7.30. The predicted octanol–water partition coefficient (Wildman–Crippen LogP) is 4.00. The molecule has 1 aromatic heterocycles. The number of thiophene rings is 1. The van der Waals surface area contributed by atoms with Gasteiger partial charge in [0.05, 0.1) is 23.2 Å². The van der Waals surface area contributed by atoms with E-state index in [-0.39, 0.29) is 27.4 Å². The number of hydrogen-bond donors (Lipinski definition) is 1. The number of esters is 1. The first kappa shape index (κ1) is 23.1. The van der Waals surface area contributed by atoms with Gasteiger partial charge in [-0.15, -0.1) is 11.3 Å². The van der Waals surface area contributed by atoms with Crippen molar-refractivity contribution in [2.45, 2.75) is 0 Å². The number of hydrogen-bond acceptors (Lipinski definition) is 8. The Bertz CT molecular complexity index is 1380. The third-order valence-electron chi connectivity index (χ3n) is 5.06. The summed E-state index contributed by atoms with van der Waals surface area (Å²) in [5, 5.41) is 15.7. The van der Waals surface area contributed by atoms with Crippen LogP contribution in [0.5, 0.6) is 0 Å². The van der Waals surface area contributed by atoms with Crippen LogP contribution in [0, 0.1) is 10.1 Å². The number of carbonyl (C=O) groups is 4. The van der Waals surface area contributed by atoms with E-state index in [0.717, 1.165) is 23.5 Å². The second-order valence-corrected chi connectivity index (χ2v) is 8.34. The van der Waals surface area contributed by atoms with Crippen LogP contribution < -0.4 is 5.32 Å². The number of methoxy groups -OCH3 is 1. The Morgan fingerprint density at radius 3 is 2.47 bits per heavy atom. The minimum absolute atomic E-state index is 0.0317. The molecule has 34 heavy (non-hydrogen) atoms. The number of halogens is 1. The van der Waals surface area contributed by atoms with Gasteiger partial charge in [-0.3, -0.25) is 29.4 Å². The van der Waals surface area contributed by atoms with E-state index in [4.69, 9.17) is 16.3 Å². The third kappa shape index (κ3) is 4.02. The third-order valence-corrected chi connectivity index (χ3v) is 6.29. The van der Waals surface area contributed by atoms with Crippen LogP contribution in [0.1, 0.15) is 31.1 Å². The number of amides is 3. The van der Waals surface area contributed by atoms with Gasteiger partial charge in [-0.2, -0.15) is 0 Å². The molecule has 3 aromatic rings. The molecule has 0 bridgehead atoms. The van der Waals surface area contributed by atoms with Crippen LogP contribution in [0.25, 0.3) is 11.1 Å². The second-order valence-electron chi connectivity index (χ2n) is 7.06. The van der Waals surface area contributed by atoms with E-state index in [1.54, 1.807) is 29.6 Å². The Morgan fingerprint density at radius 2 is 1.79 bits per heavy atom. The maximum absolute atomic E-state index is 12.7. The van der Waals surface area contributed by atoms with Gasteiger partial charge in [0.2, 0.25) is 5.91 Å². The van der Waals surface area contributed by atoms with E-state index in [1.807, 2.05) is 0 Å². The molecule has 1 N–H and O–H groups in total. The molecule has 10 nitrogen and oxygen atoms in total. The van der Waals surface area contributed by atoms with Crippen LogP contribution in [0.15, 0.2) is 47.8 Å². The lowest BCUT2D eigenvalue weighted by Crippen LogP contribution is -2.37. The number of fused-ring (bicyclic) bond motifs is 1. The monoisotopic (exact) mass is 499 g/mol. The summed E-state index contributed by atoms with van der Waals surface area (Å²) in [6.07, 6.45) is 0. The first-order valence-corrected chi connectivity index (χ1v) is 10.9. The molecule has 0 atom stereocenters. The van der Waals surface area contributed by atoms with Gasteiger partial charge >= 0.3 is 5.97 Å². The molecule has 0 radical (unpaired) electrons. The number of ether oxygens (including phenoxy) is 1. The summed E-state index contributed by atoms with van der Waals surface area (Å²) in [7, 11) is 1.19. The van der Waals surface area contributed by atoms with E-state index in [0.29, 0.717) is 21.0 Å². The van der Waals surface area contributed by atoms with Gasteiger partial charge in [0.1, 0.15) is 17.1 Å². The Hall–Kier alpha value is -4.09. The smallest absolute Gasteiger partial charge is 0.341 e. The number of benzene rings is 2. The van der Waals surface area contributed by atoms with Crippen molar-refractivity contribution in [2.75, 3.05) is 19.0 Å².